The van der Waals surface area contributed by atoms with Gasteiger partial charge in [-0.1, -0.05) is 0 Å². The second-order valence-electron chi connectivity index (χ2n) is 7.21. The van der Waals surface area contributed by atoms with Gasteiger partial charge < -0.3 is 14.5 Å². The summed E-state index contributed by atoms with van der Waals surface area (Å²) in [4.78, 5) is 19.0. The van der Waals surface area contributed by atoms with Gasteiger partial charge in [0.25, 0.3) is 0 Å². The third kappa shape index (κ3) is 3.85. The molecule has 2 atom stereocenters. The molecule has 0 aliphatic carbocycles. The fraction of sp³-hybridized carbons (Fsp3) is 0.933. The van der Waals surface area contributed by atoms with Crippen LogP contribution in [0.5, 0.6) is 0 Å². The van der Waals surface area contributed by atoms with Crippen molar-refractivity contribution < 1.29 is 9.53 Å². The molecule has 2 heterocycles. The molecular formula is C15H29N3O2. The number of rotatable bonds is 1. The highest BCUT2D eigenvalue weighted by atomic mass is 16.6. The minimum absolute atomic E-state index is 0.165. The van der Waals surface area contributed by atoms with E-state index in [0.29, 0.717) is 6.04 Å². The molecule has 2 aliphatic rings. The zero-order valence-corrected chi connectivity index (χ0v) is 13.6. The summed E-state index contributed by atoms with van der Waals surface area (Å²) in [7, 11) is 2.17. The molecule has 0 spiro atoms. The number of amides is 1. The first kappa shape index (κ1) is 15.6. The Labute approximate surface area is 122 Å². The summed E-state index contributed by atoms with van der Waals surface area (Å²) in [5.41, 5.74) is -0.414. The molecule has 0 aromatic rings. The number of piperazine rings is 1. The molecule has 2 saturated heterocycles. The van der Waals surface area contributed by atoms with Crippen LogP contribution in [0.2, 0.25) is 0 Å². The second kappa shape index (κ2) is 5.90. The Bertz CT molecular complexity index is 346. The quantitative estimate of drug-likeness (QED) is 0.733. The molecule has 116 valence electrons. The molecule has 0 saturated carbocycles. The summed E-state index contributed by atoms with van der Waals surface area (Å²) in [5.74, 6) is 0. The lowest BCUT2D eigenvalue weighted by atomic mass is 10.1. The van der Waals surface area contributed by atoms with Crippen molar-refractivity contribution in [3.63, 3.8) is 0 Å². The lowest BCUT2D eigenvalue weighted by Gasteiger charge is -2.36. The largest absolute Gasteiger partial charge is 0.444 e. The van der Waals surface area contributed by atoms with E-state index >= 15 is 0 Å². The molecule has 20 heavy (non-hydrogen) atoms. The number of hydrogen-bond donors (Lipinski definition) is 0. The van der Waals surface area contributed by atoms with E-state index < -0.39 is 5.60 Å². The van der Waals surface area contributed by atoms with Gasteiger partial charge in [0.15, 0.2) is 0 Å². The molecule has 2 fully saturated rings. The minimum atomic E-state index is -0.414. The van der Waals surface area contributed by atoms with Crippen LogP contribution < -0.4 is 0 Å². The summed E-state index contributed by atoms with van der Waals surface area (Å²) in [6.45, 7) is 13.2. The van der Waals surface area contributed by atoms with Gasteiger partial charge in [0.1, 0.15) is 5.60 Å². The van der Waals surface area contributed by atoms with Crippen molar-refractivity contribution in [3.05, 3.63) is 0 Å². The first-order chi connectivity index (χ1) is 9.26. The number of likely N-dealkylation sites (tertiary alicyclic amines) is 1. The number of ether oxygens (including phenoxy) is 1. The van der Waals surface area contributed by atoms with Crippen LogP contribution >= 0.6 is 0 Å². The highest BCUT2D eigenvalue weighted by Gasteiger charge is 2.38. The van der Waals surface area contributed by atoms with Gasteiger partial charge in [-0.05, 0) is 41.2 Å². The maximum Gasteiger partial charge on any atom is 0.410 e. The van der Waals surface area contributed by atoms with Crippen molar-refractivity contribution in [2.45, 2.75) is 51.8 Å². The van der Waals surface area contributed by atoms with E-state index in [1.807, 2.05) is 25.7 Å². The van der Waals surface area contributed by atoms with Crippen LogP contribution in [-0.4, -0.2) is 78.2 Å². The van der Waals surface area contributed by atoms with Crippen molar-refractivity contribution in [3.8, 4) is 0 Å². The summed E-state index contributed by atoms with van der Waals surface area (Å²) >= 11 is 0. The summed E-state index contributed by atoms with van der Waals surface area (Å²) < 4.78 is 5.51. The highest BCUT2D eigenvalue weighted by molar-refractivity contribution is 5.69. The van der Waals surface area contributed by atoms with Gasteiger partial charge in [-0.25, -0.2) is 4.79 Å². The maximum atomic E-state index is 12.2. The molecule has 5 nitrogen and oxygen atoms in total. The zero-order chi connectivity index (χ0) is 14.9. The van der Waals surface area contributed by atoms with E-state index in [-0.39, 0.29) is 12.1 Å². The summed E-state index contributed by atoms with van der Waals surface area (Å²) in [6, 6.07) is 0.765. The van der Waals surface area contributed by atoms with Crippen LogP contribution in [0.4, 0.5) is 4.79 Å². The van der Waals surface area contributed by atoms with Crippen LogP contribution in [0, 0.1) is 0 Å². The third-order valence-electron chi connectivity index (χ3n) is 4.23. The zero-order valence-electron chi connectivity index (χ0n) is 13.6. The Morgan fingerprint density at radius 3 is 2.30 bits per heavy atom. The predicted molar refractivity (Wildman–Crippen MR) is 79.9 cm³/mol. The van der Waals surface area contributed by atoms with E-state index in [1.165, 1.54) is 0 Å². The number of carbonyl (C=O) groups excluding carboxylic acids is 1. The summed E-state index contributed by atoms with van der Waals surface area (Å²) in [6.07, 6.45) is 0.893. The molecule has 2 aliphatic heterocycles. The minimum Gasteiger partial charge on any atom is -0.444 e. The Morgan fingerprint density at radius 1 is 1.15 bits per heavy atom. The van der Waals surface area contributed by atoms with E-state index in [9.17, 15) is 4.79 Å². The standard InChI is InChI=1S/C15H29N3O2/c1-12-10-13(17-8-6-16(5)7-9-17)11-18(12)14(19)20-15(2,3)4/h12-13H,6-11H2,1-5H3/t12-,13+/m0/s1. The van der Waals surface area contributed by atoms with Crippen molar-refractivity contribution in [2.24, 2.45) is 0 Å². The van der Waals surface area contributed by atoms with Gasteiger partial charge in [-0.15, -0.1) is 0 Å². The molecule has 1 amide bonds. The molecule has 5 heteroatoms. The smallest absolute Gasteiger partial charge is 0.410 e. The fourth-order valence-corrected chi connectivity index (χ4v) is 3.03. The topological polar surface area (TPSA) is 36.0 Å². The molecule has 0 unspecified atom stereocenters. The van der Waals surface area contributed by atoms with Gasteiger partial charge >= 0.3 is 6.09 Å². The first-order valence-electron chi connectivity index (χ1n) is 7.68. The van der Waals surface area contributed by atoms with Crippen molar-refractivity contribution in [1.82, 2.24) is 14.7 Å². The van der Waals surface area contributed by atoms with Gasteiger partial charge in [0, 0.05) is 44.8 Å². The van der Waals surface area contributed by atoms with E-state index in [0.717, 1.165) is 39.1 Å². The maximum absolute atomic E-state index is 12.2. The van der Waals surface area contributed by atoms with E-state index in [2.05, 4.69) is 23.8 Å². The van der Waals surface area contributed by atoms with Crippen molar-refractivity contribution >= 4 is 6.09 Å². The van der Waals surface area contributed by atoms with Crippen LogP contribution in [-0.2, 0) is 4.74 Å². The van der Waals surface area contributed by atoms with Crippen LogP contribution in [0.3, 0.4) is 0 Å². The summed E-state index contributed by atoms with van der Waals surface area (Å²) in [5, 5.41) is 0. The Hall–Kier alpha value is -0.810. The number of hydrogen-bond acceptors (Lipinski definition) is 4. The van der Waals surface area contributed by atoms with Gasteiger partial charge in [-0.3, -0.25) is 4.90 Å². The lowest BCUT2D eigenvalue weighted by Crippen LogP contribution is -2.50. The Kier molecular flexibility index (Phi) is 4.59. The number of nitrogens with zero attached hydrogens (tertiary/aromatic N) is 3. The Balaban J connectivity index is 1.90. The molecule has 0 N–H and O–H groups in total. The highest BCUT2D eigenvalue weighted by Crippen LogP contribution is 2.24. The second-order valence-corrected chi connectivity index (χ2v) is 7.21. The van der Waals surface area contributed by atoms with Gasteiger partial charge in [-0.2, -0.15) is 0 Å². The van der Waals surface area contributed by atoms with Crippen LogP contribution in [0.1, 0.15) is 34.1 Å². The first-order valence-corrected chi connectivity index (χ1v) is 7.68. The normalized spacial score (nSPS) is 29.8. The monoisotopic (exact) mass is 283 g/mol. The molecule has 0 bridgehead atoms. The van der Waals surface area contributed by atoms with Gasteiger partial charge in [0.2, 0.25) is 0 Å². The fourth-order valence-electron chi connectivity index (χ4n) is 3.03. The van der Waals surface area contributed by atoms with Crippen molar-refractivity contribution in [1.29, 1.82) is 0 Å². The molecule has 0 aromatic heterocycles. The SMILES string of the molecule is C[C@H]1C[C@@H](N2CCN(C)CC2)CN1C(=O)OC(C)(C)C. The molecule has 0 radical (unpaired) electrons. The molecular weight excluding hydrogens is 254 g/mol. The average molecular weight is 283 g/mol. The van der Waals surface area contributed by atoms with E-state index in [1.54, 1.807) is 0 Å². The average Bonchev–Trinajstić information content (AvgIpc) is 2.70. The van der Waals surface area contributed by atoms with Crippen molar-refractivity contribution in [2.75, 3.05) is 39.8 Å². The molecule has 2 rings (SSSR count). The number of carbonyl (C=O) groups is 1. The van der Waals surface area contributed by atoms with Gasteiger partial charge in [0.05, 0.1) is 0 Å². The predicted octanol–water partition coefficient (Wildman–Crippen LogP) is 1.63. The van der Waals surface area contributed by atoms with E-state index in [4.69, 9.17) is 4.74 Å². The van der Waals surface area contributed by atoms with Crippen LogP contribution in [0.25, 0.3) is 0 Å². The third-order valence-corrected chi connectivity index (χ3v) is 4.23. The molecule has 0 aromatic carbocycles. The lowest BCUT2D eigenvalue weighted by molar-refractivity contribution is 0.0222. The number of likely N-dealkylation sites (N-methyl/N-ethyl adjacent to an activating group) is 1. The van der Waals surface area contributed by atoms with Crippen LogP contribution in [0.15, 0.2) is 0 Å². The Morgan fingerprint density at radius 2 is 1.75 bits per heavy atom.